The van der Waals surface area contributed by atoms with Crippen LogP contribution in [0.25, 0.3) is 28.3 Å². The molecule has 0 bridgehead atoms. The first-order valence-corrected chi connectivity index (χ1v) is 11.9. The van der Waals surface area contributed by atoms with Gasteiger partial charge in [0.1, 0.15) is 11.6 Å². The Hall–Kier alpha value is -2.52. The summed E-state index contributed by atoms with van der Waals surface area (Å²) in [6.45, 7) is 0. The van der Waals surface area contributed by atoms with E-state index in [1.807, 2.05) is 48.5 Å². The van der Waals surface area contributed by atoms with E-state index < -0.39 is 5.97 Å². The Bertz CT molecular complexity index is 1260. The summed E-state index contributed by atoms with van der Waals surface area (Å²) in [7, 11) is 0. The molecule has 0 heterocycles. The van der Waals surface area contributed by atoms with E-state index in [1.54, 1.807) is 30.3 Å². The number of carbonyl (C=O) groups excluding carboxylic acids is 1. The molecule has 0 saturated carbocycles. The van der Waals surface area contributed by atoms with Crippen molar-refractivity contribution in [3.8, 4) is 28.0 Å². The number of rotatable bonds is 5. The molecule has 0 spiro atoms. The lowest BCUT2D eigenvalue weighted by Crippen LogP contribution is -2.03. The second kappa shape index (κ2) is 10.4. The van der Waals surface area contributed by atoms with Crippen LogP contribution < -0.4 is 4.74 Å². The SMILES string of the molecule is O=C(/C=C/c1ccc(-c2ccc(I)cc2)c(F)c1)Oc1ccc(-c2ccc(I)cc2)cc1. The van der Waals surface area contributed by atoms with Gasteiger partial charge in [-0.1, -0.05) is 48.5 Å². The number of halogens is 3. The molecule has 0 atom stereocenters. The number of esters is 1. The fourth-order valence-electron chi connectivity index (χ4n) is 3.17. The first-order chi connectivity index (χ1) is 15.5. The van der Waals surface area contributed by atoms with Crippen LogP contribution in [0.5, 0.6) is 5.75 Å². The van der Waals surface area contributed by atoms with Crippen molar-refractivity contribution in [3.05, 3.63) is 116 Å². The first-order valence-electron chi connectivity index (χ1n) is 9.79. The Morgan fingerprint density at radius 3 is 1.81 bits per heavy atom. The van der Waals surface area contributed by atoms with Crippen LogP contribution in [0.15, 0.2) is 97.1 Å². The van der Waals surface area contributed by atoms with Crippen molar-refractivity contribution in [1.29, 1.82) is 0 Å². The lowest BCUT2D eigenvalue weighted by molar-refractivity contribution is -0.128. The quantitative estimate of drug-likeness (QED) is 0.0952. The van der Waals surface area contributed by atoms with Crippen molar-refractivity contribution in [1.82, 2.24) is 0 Å². The number of benzene rings is 4. The summed E-state index contributed by atoms with van der Waals surface area (Å²) in [4.78, 5) is 12.2. The Morgan fingerprint density at radius 1 is 0.719 bits per heavy atom. The summed E-state index contributed by atoms with van der Waals surface area (Å²) in [5.74, 6) is -0.406. The van der Waals surface area contributed by atoms with Gasteiger partial charge < -0.3 is 4.74 Å². The molecule has 2 nitrogen and oxygen atoms in total. The maximum Gasteiger partial charge on any atom is 0.336 e. The van der Waals surface area contributed by atoms with E-state index in [-0.39, 0.29) is 5.82 Å². The summed E-state index contributed by atoms with van der Waals surface area (Å²) in [5.41, 5.74) is 4.06. The molecule has 32 heavy (non-hydrogen) atoms. The van der Waals surface area contributed by atoms with Gasteiger partial charge in [0.25, 0.3) is 0 Å². The minimum absolute atomic E-state index is 0.340. The molecule has 0 N–H and O–H groups in total. The molecule has 0 fully saturated rings. The van der Waals surface area contributed by atoms with Crippen molar-refractivity contribution < 1.29 is 13.9 Å². The number of ether oxygens (including phenoxy) is 1. The highest BCUT2D eigenvalue weighted by Crippen LogP contribution is 2.25. The third-order valence-corrected chi connectivity index (χ3v) is 6.25. The second-order valence-electron chi connectivity index (χ2n) is 7.03. The van der Waals surface area contributed by atoms with Crippen LogP contribution in [0.1, 0.15) is 5.56 Å². The van der Waals surface area contributed by atoms with Gasteiger partial charge in [0, 0.05) is 18.8 Å². The van der Waals surface area contributed by atoms with Gasteiger partial charge in [-0.05, 0) is 116 Å². The van der Waals surface area contributed by atoms with Gasteiger partial charge in [0.05, 0.1) is 0 Å². The highest BCUT2D eigenvalue weighted by atomic mass is 127. The molecule has 0 amide bonds. The monoisotopic (exact) mass is 646 g/mol. The van der Waals surface area contributed by atoms with Crippen LogP contribution >= 0.6 is 45.2 Å². The van der Waals surface area contributed by atoms with Crippen molar-refractivity contribution in [2.24, 2.45) is 0 Å². The van der Waals surface area contributed by atoms with E-state index in [0.29, 0.717) is 16.9 Å². The van der Waals surface area contributed by atoms with Crippen molar-refractivity contribution >= 4 is 57.2 Å². The maximum absolute atomic E-state index is 14.6. The van der Waals surface area contributed by atoms with Crippen molar-refractivity contribution in [3.63, 3.8) is 0 Å². The standard InChI is InChI=1S/C27H17FI2O2/c28-26-17-18(1-15-25(26)21-5-11-23(30)12-6-21)2-16-27(31)32-24-13-7-20(8-14-24)19-3-9-22(29)10-4-19/h1-17H/b16-2+. The number of hydrogen-bond donors (Lipinski definition) is 0. The molecule has 0 aromatic heterocycles. The van der Waals surface area contributed by atoms with Gasteiger partial charge in [-0.2, -0.15) is 0 Å². The van der Waals surface area contributed by atoms with E-state index in [1.165, 1.54) is 15.7 Å². The topological polar surface area (TPSA) is 26.3 Å². The molecular weight excluding hydrogens is 629 g/mol. The lowest BCUT2D eigenvalue weighted by atomic mass is 10.0. The average molecular weight is 646 g/mol. The summed E-state index contributed by atoms with van der Waals surface area (Å²) in [6, 6.07) is 28.1. The number of hydrogen-bond acceptors (Lipinski definition) is 2. The van der Waals surface area contributed by atoms with E-state index in [2.05, 4.69) is 57.3 Å². The van der Waals surface area contributed by atoms with Gasteiger partial charge in [0.15, 0.2) is 0 Å². The van der Waals surface area contributed by atoms with Gasteiger partial charge in [-0.3, -0.25) is 0 Å². The fourth-order valence-corrected chi connectivity index (χ4v) is 3.89. The zero-order valence-electron chi connectivity index (χ0n) is 16.8. The van der Waals surface area contributed by atoms with Gasteiger partial charge >= 0.3 is 5.97 Å². The highest BCUT2D eigenvalue weighted by Gasteiger charge is 2.07. The highest BCUT2D eigenvalue weighted by molar-refractivity contribution is 14.1. The predicted octanol–water partition coefficient (Wildman–Crippen LogP) is 7.99. The molecule has 4 aromatic carbocycles. The van der Waals surface area contributed by atoms with Crippen LogP contribution in [0, 0.1) is 13.0 Å². The zero-order chi connectivity index (χ0) is 22.5. The van der Waals surface area contributed by atoms with Crippen LogP contribution in [0.2, 0.25) is 0 Å². The van der Waals surface area contributed by atoms with Crippen LogP contribution in [0.4, 0.5) is 4.39 Å². The van der Waals surface area contributed by atoms with Crippen LogP contribution in [-0.4, -0.2) is 5.97 Å². The largest absolute Gasteiger partial charge is 0.423 e. The minimum atomic E-state index is -0.519. The Balaban J connectivity index is 1.40. The lowest BCUT2D eigenvalue weighted by Gasteiger charge is -2.06. The third kappa shape index (κ3) is 5.83. The molecule has 5 heteroatoms. The summed E-state index contributed by atoms with van der Waals surface area (Å²) >= 11 is 4.48. The second-order valence-corrected chi connectivity index (χ2v) is 9.52. The molecule has 0 saturated heterocycles. The van der Waals surface area contributed by atoms with Gasteiger partial charge in [0.2, 0.25) is 0 Å². The van der Waals surface area contributed by atoms with Gasteiger partial charge in [-0.15, -0.1) is 0 Å². The van der Waals surface area contributed by atoms with Gasteiger partial charge in [-0.25, -0.2) is 9.18 Å². The normalized spacial score (nSPS) is 11.0. The minimum Gasteiger partial charge on any atom is -0.423 e. The van der Waals surface area contributed by atoms with E-state index in [9.17, 15) is 9.18 Å². The molecule has 0 unspecified atom stereocenters. The number of carbonyl (C=O) groups is 1. The first kappa shape index (κ1) is 22.7. The van der Waals surface area contributed by atoms with E-state index in [4.69, 9.17) is 4.74 Å². The third-order valence-electron chi connectivity index (χ3n) is 4.81. The Morgan fingerprint density at radius 2 is 1.25 bits per heavy atom. The summed E-state index contributed by atoms with van der Waals surface area (Å²) < 4.78 is 22.2. The molecule has 0 radical (unpaired) electrons. The summed E-state index contributed by atoms with van der Waals surface area (Å²) in [5, 5.41) is 0. The molecule has 4 aromatic rings. The molecule has 158 valence electrons. The average Bonchev–Trinajstić information content (AvgIpc) is 2.80. The Kier molecular flexibility index (Phi) is 7.36. The molecule has 0 aliphatic carbocycles. The molecule has 0 aliphatic heterocycles. The summed E-state index contributed by atoms with van der Waals surface area (Å²) in [6.07, 6.45) is 2.84. The maximum atomic E-state index is 14.6. The smallest absolute Gasteiger partial charge is 0.336 e. The fraction of sp³-hybridized carbons (Fsp3) is 0. The zero-order valence-corrected chi connectivity index (χ0v) is 21.1. The van der Waals surface area contributed by atoms with E-state index >= 15 is 0 Å². The predicted molar refractivity (Wildman–Crippen MR) is 144 cm³/mol. The molecule has 4 rings (SSSR count). The van der Waals surface area contributed by atoms with E-state index in [0.717, 1.165) is 20.3 Å². The molecule has 0 aliphatic rings. The van der Waals surface area contributed by atoms with Crippen LogP contribution in [0.3, 0.4) is 0 Å². The Labute approximate surface area is 213 Å². The van der Waals surface area contributed by atoms with Crippen molar-refractivity contribution in [2.45, 2.75) is 0 Å². The van der Waals surface area contributed by atoms with Crippen LogP contribution in [-0.2, 0) is 4.79 Å². The molecular formula is C27H17FI2O2. The van der Waals surface area contributed by atoms with Crippen molar-refractivity contribution in [2.75, 3.05) is 0 Å².